The number of hydrogen-bond acceptors (Lipinski definition) is 7. The van der Waals surface area contributed by atoms with Gasteiger partial charge >= 0.3 is 0 Å². The molecule has 3 rings (SSSR count). The third-order valence-corrected chi connectivity index (χ3v) is 5.42. The standard InChI is InChI=1S/C17H23N5O3S/c18-11-14-1-10-26-17(14)19-15(23)12-20-2-4-22(5-3-20)16(24)13-21-6-8-25-9-7-21/h1,10H,2-9,12-13H2,(H,19,23). The SMILES string of the molecule is N#Cc1ccsc1NC(=O)CN1CCN(C(=O)CN2CCOCC2)CC1. The molecule has 1 aromatic heterocycles. The van der Waals surface area contributed by atoms with Gasteiger partial charge in [-0.05, 0) is 11.4 Å². The molecule has 0 atom stereocenters. The van der Waals surface area contributed by atoms with Gasteiger partial charge in [-0.25, -0.2) is 0 Å². The van der Waals surface area contributed by atoms with Crippen molar-refractivity contribution in [1.29, 1.82) is 5.26 Å². The second-order valence-electron chi connectivity index (χ2n) is 6.37. The average Bonchev–Trinajstić information content (AvgIpc) is 3.10. The molecule has 1 N–H and O–H groups in total. The van der Waals surface area contributed by atoms with E-state index in [1.54, 1.807) is 11.4 Å². The molecule has 2 aliphatic heterocycles. The fourth-order valence-corrected chi connectivity index (χ4v) is 3.82. The first kappa shape index (κ1) is 18.8. The summed E-state index contributed by atoms with van der Waals surface area (Å²) in [5.74, 6) is 0.0188. The highest BCUT2D eigenvalue weighted by molar-refractivity contribution is 7.14. The number of nitriles is 1. The Morgan fingerprint density at radius 3 is 2.50 bits per heavy atom. The number of anilines is 1. The van der Waals surface area contributed by atoms with Crippen molar-refractivity contribution >= 4 is 28.2 Å². The van der Waals surface area contributed by atoms with E-state index < -0.39 is 0 Å². The summed E-state index contributed by atoms with van der Waals surface area (Å²) in [5.41, 5.74) is 0.488. The molecule has 0 aliphatic carbocycles. The second-order valence-corrected chi connectivity index (χ2v) is 7.28. The van der Waals surface area contributed by atoms with Gasteiger partial charge < -0.3 is 15.0 Å². The van der Waals surface area contributed by atoms with E-state index >= 15 is 0 Å². The van der Waals surface area contributed by atoms with E-state index in [4.69, 9.17) is 10.00 Å². The van der Waals surface area contributed by atoms with Crippen LogP contribution >= 0.6 is 11.3 Å². The van der Waals surface area contributed by atoms with Gasteiger partial charge in [-0.1, -0.05) is 0 Å². The summed E-state index contributed by atoms with van der Waals surface area (Å²) < 4.78 is 5.30. The normalized spacial score (nSPS) is 19.1. The fourth-order valence-electron chi connectivity index (χ4n) is 3.07. The van der Waals surface area contributed by atoms with Crippen molar-refractivity contribution in [2.45, 2.75) is 0 Å². The molecule has 2 amide bonds. The Morgan fingerprint density at radius 1 is 1.12 bits per heavy atom. The Hall–Kier alpha value is -1.99. The van der Waals surface area contributed by atoms with Crippen LogP contribution in [0.2, 0.25) is 0 Å². The quantitative estimate of drug-likeness (QED) is 0.779. The minimum absolute atomic E-state index is 0.128. The Bertz CT molecular complexity index is 672. The van der Waals surface area contributed by atoms with Crippen molar-refractivity contribution in [2.75, 3.05) is 70.9 Å². The van der Waals surface area contributed by atoms with Gasteiger partial charge in [0.2, 0.25) is 11.8 Å². The van der Waals surface area contributed by atoms with Gasteiger partial charge in [0.05, 0.1) is 31.9 Å². The molecule has 2 saturated heterocycles. The molecule has 3 heterocycles. The van der Waals surface area contributed by atoms with E-state index in [1.165, 1.54) is 11.3 Å². The van der Waals surface area contributed by atoms with Gasteiger partial charge in [-0.3, -0.25) is 19.4 Å². The predicted octanol–water partition coefficient (Wildman–Crippen LogP) is 0.0347. The largest absolute Gasteiger partial charge is 0.379 e. The lowest BCUT2D eigenvalue weighted by atomic mass is 10.3. The monoisotopic (exact) mass is 377 g/mol. The van der Waals surface area contributed by atoms with Crippen LogP contribution in [0.25, 0.3) is 0 Å². The zero-order chi connectivity index (χ0) is 18.4. The van der Waals surface area contributed by atoms with E-state index in [2.05, 4.69) is 16.3 Å². The number of rotatable bonds is 5. The van der Waals surface area contributed by atoms with Crippen LogP contribution in [0.3, 0.4) is 0 Å². The van der Waals surface area contributed by atoms with E-state index in [-0.39, 0.29) is 18.4 Å². The summed E-state index contributed by atoms with van der Waals surface area (Å²) >= 11 is 1.35. The Morgan fingerprint density at radius 2 is 1.81 bits per heavy atom. The van der Waals surface area contributed by atoms with Crippen molar-refractivity contribution in [2.24, 2.45) is 0 Å². The number of hydrogen-bond donors (Lipinski definition) is 1. The maximum absolute atomic E-state index is 12.4. The highest BCUT2D eigenvalue weighted by atomic mass is 32.1. The summed E-state index contributed by atoms with van der Waals surface area (Å²) in [6, 6.07) is 3.76. The van der Waals surface area contributed by atoms with Crippen molar-refractivity contribution in [3.8, 4) is 6.07 Å². The first-order chi connectivity index (χ1) is 12.7. The first-order valence-electron chi connectivity index (χ1n) is 8.73. The maximum atomic E-state index is 12.4. The number of piperazine rings is 1. The molecule has 8 nitrogen and oxygen atoms in total. The summed E-state index contributed by atoms with van der Waals surface area (Å²) in [4.78, 5) is 30.6. The van der Waals surface area contributed by atoms with E-state index in [9.17, 15) is 9.59 Å². The molecule has 0 aromatic carbocycles. The molecule has 0 radical (unpaired) electrons. The van der Waals surface area contributed by atoms with Crippen LogP contribution in [-0.2, 0) is 14.3 Å². The molecule has 9 heteroatoms. The molecule has 0 bridgehead atoms. The smallest absolute Gasteiger partial charge is 0.239 e. The highest BCUT2D eigenvalue weighted by Crippen LogP contribution is 2.22. The van der Waals surface area contributed by atoms with Gasteiger partial charge in [-0.15, -0.1) is 11.3 Å². The van der Waals surface area contributed by atoms with Crippen LogP contribution in [0.5, 0.6) is 0 Å². The molecular formula is C17H23N5O3S. The minimum atomic E-state index is -0.128. The lowest BCUT2D eigenvalue weighted by Crippen LogP contribution is -2.53. The van der Waals surface area contributed by atoms with Crippen molar-refractivity contribution in [3.05, 3.63) is 17.0 Å². The summed E-state index contributed by atoms with van der Waals surface area (Å²) in [5, 5.41) is 14.2. The number of thiophene rings is 1. The molecule has 2 aliphatic rings. The maximum Gasteiger partial charge on any atom is 0.239 e. The molecule has 0 unspecified atom stereocenters. The fraction of sp³-hybridized carbons (Fsp3) is 0.588. The average molecular weight is 377 g/mol. The highest BCUT2D eigenvalue weighted by Gasteiger charge is 2.24. The molecular weight excluding hydrogens is 354 g/mol. The minimum Gasteiger partial charge on any atom is -0.379 e. The number of morpholine rings is 1. The van der Waals surface area contributed by atoms with E-state index in [1.807, 2.05) is 9.80 Å². The van der Waals surface area contributed by atoms with Crippen molar-refractivity contribution in [3.63, 3.8) is 0 Å². The summed E-state index contributed by atoms with van der Waals surface area (Å²) in [7, 11) is 0. The Kier molecular flexibility index (Phi) is 6.57. The van der Waals surface area contributed by atoms with Crippen LogP contribution < -0.4 is 5.32 Å². The van der Waals surface area contributed by atoms with Gasteiger partial charge in [0.15, 0.2) is 0 Å². The number of carbonyl (C=O) groups excluding carboxylic acids is 2. The lowest BCUT2D eigenvalue weighted by molar-refractivity contribution is -0.135. The molecule has 2 fully saturated rings. The van der Waals surface area contributed by atoms with Gasteiger partial charge in [0, 0.05) is 39.3 Å². The first-order valence-corrected chi connectivity index (χ1v) is 9.61. The van der Waals surface area contributed by atoms with Crippen LogP contribution in [0, 0.1) is 11.3 Å². The van der Waals surface area contributed by atoms with Crippen molar-refractivity contribution in [1.82, 2.24) is 14.7 Å². The zero-order valence-corrected chi connectivity index (χ0v) is 15.5. The molecule has 0 spiro atoms. The van der Waals surface area contributed by atoms with Crippen LogP contribution in [-0.4, -0.2) is 92.1 Å². The topological polar surface area (TPSA) is 88.9 Å². The van der Waals surface area contributed by atoms with Gasteiger partial charge in [0.1, 0.15) is 11.1 Å². The third kappa shape index (κ3) is 5.02. The Balaban J connectivity index is 1.40. The third-order valence-electron chi connectivity index (χ3n) is 4.59. The van der Waals surface area contributed by atoms with Crippen molar-refractivity contribution < 1.29 is 14.3 Å². The molecule has 26 heavy (non-hydrogen) atoms. The number of nitrogens with zero attached hydrogens (tertiary/aromatic N) is 4. The second kappa shape index (κ2) is 9.09. The van der Waals surface area contributed by atoms with Gasteiger partial charge in [-0.2, -0.15) is 5.26 Å². The van der Waals surface area contributed by atoms with Crippen LogP contribution in [0.1, 0.15) is 5.56 Å². The molecule has 140 valence electrons. The van der Waals surface area contributed by atoms with E-state index in [0.29, 0.717) is 56.5 Å². The zero-order valence-electron chi connectivity index (χ0n) is 14.6. The van der Waals surface area contributed by atoms with Crippen LogP contribution in [0.15, 0.2) is 11.4 Å². The van der Waals surface area contributed by atoms with Gasteiger partial charge in [0.25, 0.3) is 0 Å². The molecule has 0 saturated carbocycles. The van der Waals surface area contributed by atoms with E-state index in [0.717, 1.165) is 13.1 Å². The predicted molar refractivity (Wildman–Crippen MR) is 97.9 cm³/mol. The number of nitrogens with one attached hydrogen (secondary N) is 1. The lowest BCUT2D eigenvalue weighted by Gasteiger charge is -2.36. The molecule has 1 aromatic rings. The number of carbonyl (C=O) groups is 2. The number of ether oxygens (including phenoxy) is 1. The number of amides is 2. The Labute approximate surface area is 156 Å². The van der Waals surface area contributed by atoms with Crippen LogP contribution in [0.4, 0.5) is 5.00 Å². The summed E-state index contributed by atoms with van der Waals surface area (Å²) in [6.07, 6.45) is 0. The summed E-state index contributed by atoms with van der Waals surface area (Å²) in [6.45, 7) is 6.33.